The standard InChI is InChI=1S/C13H21N5O5S/c1-22-12-15-10(16-13(17-12)23-2)8-14-11(19)9-4-6-18(7-5-9)24(3,20)21/h9H,4-8H2,1-3H3,(H,14,19). The first-order valence-corrected chi connectivity index (χ1v) is 9.24. The van der Waals surface area contributed by atoms with Crippen LogP contribution in [0.15, 0.2) is 0 Å². The molecule has 0 aromatic carbocycles. The van der Waals surface area contributed by atoms with Gasteiger partial charge in [0, 0.05) is 19.0 Å². The number of amides is 1. The van der Waals surface area contributed by atoms with Gasteiger partial charge in [-0.2, -0.15) is 9.97 Å². The Morgan fingerprint density at radius 1 is 1.17 bits per heavy atom. The molecule has 1 aromatic heterocycles. The van der Waals surface area contributed by atoms with E-state index in [0.717, 1.165) is 0 Å². The number of aromatic nitrogens is 3. The second-order valence-corrected chi connectivity index (χ2v) is 7.36. The van der Waals surface area contributed by atoms with Crippen LogP contribution in [0.1, 0.15) is 18.7 Å². The van der Waals surface area contributed by atoms with Crippen molar-refractivity contribution in [2.45, 2.75) is 19.4 Å². The lowest BCUT2D eigenvalue weighted by atomic mass is 9.97. The molecule has 24 heavy (non-hydrogen) atoms. The normalized spacial score (nSPS) is 16.6. The van der Waals surface area contributed by atoms with Crippen LogP contribution in [0.5, 0.6) is 12.0 Å². The fraction of sp³-hybridized carbons (Fsp3) is 0.692. The van der Waals surface area contributed by atoms with Crippen LogP contribution in [0.3, 0.4) is 0 Å². The van der Waals surface area contributed by atoms with Gasteiger partial charge in [0.15, 0.2) is 5.82 Å². The number of methoxy groups -OCH3 is 2. The quantitative estimate of drug-likeness (QED) is 0.698. The molecule has 1 aliphatic heterocycles. The molecule has 0 aliphatic carbocycles. The molecule has 1 aliphatic rings. The molecule has 0 bridgehead atoms. The second kappa shape index (κ2) is 7.71. The molecule has 10 nitrogen and oxygen atoms in total. The van der Waals surface area contributed by atoms with Gasteiger partial charge in [0.05, 0.1) is 27.0 Å². The molecular formula is C13H21N5O5S. The number of sulfonamides is 1. The summed E-state index contributed by atoms with van der Waals surface area (Å²) in [4.78, 5) is 24.2. The Balaban J connectivity index is 1.90. The molecule has 0 unspecified atom stereocenters. The average molecular weight is 359 g/mol. The summed E-state index contributed by atoms with van der Waals surface area (Å²) in [6.07, 6.45) is 2.15. The lowest BCUT2D eigenvalue weighted by Crippen LogP contribution is -2.42. The predicted octanol–water partition coefficient (Wildman–Crippen LogP) is -0.823. The Morgan fingerprint density at radius 2 is 1.71 bits per heavy atom. The van der Waals surface area contributed by atoms with Crippen LogP contribution in [-0.2, 0) is 21.4 Å². The third kappa shape index (κ3) is 4.74. The van der Waals surface area contributed by atoms with Gasteiger partial charge in [-0.15, -0.1) is 4.98 Å². The van der Waals surface area contributed by atoms with Crippen LogP contribution in [0.4, 0.5) is 0 Å². The van der Waals surface area contributed by atoms with E-state index in [4.69, 9.17) is 9.47 Å². The maximum Gasteiger partial charge on any atom is 0.322 e. The van der Waals surface area contributed by atoms with Crippen LogP contribution in [-0.4, -0.2) is 67.1 Å². The molecule has 1 amide bonds. The average Bonchev–Trinajstić information content (AvgIpc) is 2.58. The van der Waals surface area contributed by atoms with E-state index < -0.39 is 10.0 Å². The van der Waals surface area contributed by atoms with Crippen molar-refractivity contribution in [3.05, 3.63) is 5.82 Å². The first-order chi connectivity index (χ1) is 11.3. The van der Waals surface area contributed by atoms with E-state index in [1.54, 1.807) is 0 Å². The summed E-state index contributed by atoms with van der Waals surface area (Å²) in [5.74, 6) is -0.0595. The number of ether oxygens (including phenoxy) is 2. The van der Waals surface area contributed by atoms with E-state index >= 15 is 0 Å². The van der Waals surface area contributed by atoms with Gasteiger partial charge >= 0.3 is 12.0 Å². The monoisotopic (exact) mass is 359 g/mol. The van der Waals surface area contributed by atoms with Crippen molar-refractivity contribution < 1.29 is 22.7 Å². The topological polar surface area (TPSA) is 124 Å². The van der Waals surface area contributed by atoms with Crippen LogP contribution >= 0.6 is 0 Å². The first-order valence-electron chi connectivity index (χ1n) is 7.39. The van der Waals surface area contributed by atoms with E-state index in [1.165, 1.54) is 24.8 Å². The fourth-order valence-electron chi connectivity index (χ4n) is 2.40. The molecule has 2 rings (SSSR count). The SMILES string of the molecule is COc1nc(CNC(=O)C2CCN(S(C)(=O)=O)CC2)nc(OC)n1. The zero-order valence-electron chi connectivity index (χ0n) is 13.9. The smallest absolute Gasteiger partial charge is 0.322 e. The van der Waals surface area contributed by atoms with Crippen LogP contribution < -0.4 is 14.8 Å². The van der Waals surface area contributed by atoms with Crippen molar-refractivity contribution >= 4 is 15.9 Å². The molecule has 1 fully saturated rings. The summed E-state index contributed by atoms with van der Waals surface area (Å²) >= 11 is 0. The Morgan fingerprint density at radius 3 is 2.17 bits per heavy atom. The summed E-state index contributed by atoms with van der Waals surface area (Å²) < 4.78 is 34.2. The van der Waals surface area contributed by atoms with Crippen LogP contribution in [0, 0.1) is 5.92 Å². The number of carbonyl (C=O) groups excluding carboxylic acids is 1. The Kier molecular flexibility index (Phi) is 5.89. The van der Waals surface area contributed by atoms with Crippen molar-refractivity contribution in [3.8, 4) is 12.0 Å². The molecule has 11 heteroatoms. The number of carbonyl (C=O) groups is 1. The molecule has 0 spiro atoms. The summed E-state index contributed by atoms with van der Waals surface area (Å²) in [5, 5.41) is 2.75. The van der Waals surface area contributed by atoms with E-state index in [2.05, 4.69) is 20.3 Å². The zero-order valence-corrected chi connectivity index (χ0v) is 14.7. The highest BCUT2D eigenvalue weighted by molar-refractivity contribution is 7.88. The van der Waals surface area contributed by atoms with E-state index in [-0.39, 0.29) is 30.4 Å². The van der Waals surface area contributed by atoms with E-state index in [0.29, 0.717) is 31.8 Å². The summed E-state index contributed by atoms with van der Waals surface area (Å²) in [7, 11) is -0.352. The number of nitrogens with one attached hydrogen (secondary N) is 1. The minimum absolute atomic E-state index is 0.104. The maximum atomic E-state index is 12.2. The van der Waals surface area contributed by atoms with Gasteiger partial charge < -0.3 is 14.8 Å². The predicted molar refractivity (Wildman–Crippen MR) is 83.9 cm³/mol. The maximum absolute atomic E-state index is 12.2. The zero-order chi connectivity index (χ0) is 17.7. The minimum Gasteiger partial charge on any atom is -0.467 e. The van der Waals surface area contributed by atoms with Crippen molar-refractivity contribution in [1.82, 2.24) is 24.6 Å². The second-order valence-electron chi connectivity index (χ2n) is 5.38. The van der Waals surface area contributed by atoms with Gasteiger partial charge in [0.2, 0.25) is 15.9 Å². The molecule has 1 N–H and O–H groups in total. The minimum atomic E-state index is -3.20. The Hall–Kier alpha value is -2.01. The molecule has 134 valence electrons. The van der Waals surface area contributed by atoms with Gasteiger partial charge in [-0.1, -0.05) is 0 Å². The third-order valence-corrected chi connectivity index (χ3v) is 5.02. The molecular weight excluding hydrogens is 338 g/mol. The van der Waals surface area contributed by atoms with Gasteiger partial charge in [0.25, 0.3) is 0 Å². The lowest BCUT2D eigenvalue weighted by molar-refractivity contribution is -0.126. The fourth-order valence-corrected chi connectivity index (χ4v) is 3.27. The molecule has 0 saturated carbocycles. The number of rotatable bonds is 6. The summed E-state index contributed by atoms with van der Waals surface area (Å²) in [6, 6.07) is 0.208. The van der Waals surface area contributed by atoms with E-state index in [9.17, 15) is 13.2 Å². The van der Waals surface area contributed by atoms with Crippen molar-refractivity contribution in [1.29, 1.82) is 0 Å². The Labute approximate surface area is 140 Å². The molecule has 1 aromatic rings. The lowest BCUT2D eigenvalue weighted by Gasteiger charge is -2.29. The first kappa shape index (κ1) is 18.3. The highest BCUT2D eigenvalue weighted by Crippen LogP contribution is 2.19. The van der Waals surface area contributed by atoms with Gasteiger partial charge in [-0.3, -0.25) is 4.79 Å². The number of piperidine rings is 1. The number of hydrogen-bond donors (Lipinski definition) is 1. The van der Waals surface area contributed by atoms with Crippen LogP contribution in [0.2, 0.25) is 0 Å². The number of hydrogen-bond acceptors (Lipinski definition) is 8. The molecule has 2 heterocycles. The van der Waals surface area contributed by atoms with Gasteiger partial charge in [0.1, 0.15) is 0 Å². The van der Waals surface area contributed by atoms with Crippen molar-refractivity contribution in [2.24, 2.45) is 5.92 Å². The molecule has 1 saturated heterocycles. The third-order valence-electron chi connectivity index (χ3n) is 3.72. The highest BCUT2D eigenvalue weighted by Gasteiger charge is 2.28. The van der Waals surface area contributed by atoms with Gasteiger partial charge in [-0.05, 0) is 12.8 Å². The Bertz CT molecular complexity index is 666. The largest absolute Gasteiger partial charge is 0.467 e. The van der Waals surface area contributed by atoms with Crippen molar-refractivity contribution in [2.75, 3.05) is 33.6 Å². The molecule has 0 radical (unpaired) electrons. The van der Waals surface area contributed by atoms with E-state index in [1.807, 2.05) is 0 Å². The highest BCUT2D eigenvalue weighted by atomic mass is 32.2. The van der Waals surface area contributed by atoms with Crippen molar-refractivity contribution in [3.63, 3.8) is 0 Å². The summed E-state index contributed by atoms with van der Waals surface area (Å²) in [5.41, 5.74) is 0. The molecule has 0 atom stereocenters. The van der Waals surface area contributed by atoms with Gasteiger partial charge in [-0.25, -0.2) is 12.7 Å². The number of nitrogens with zero attached hydrogens (tertiary/aromatic N) is 4. The summed E-state index contributed by atoms with van der Waals surface area (Å²) in [6.45, 7) is 0.814. The van der Waals surface area contributed by atoms with Crippen LogP contribution in [0.25, 0.3) is 0 Å².